The van der Waals surface area contributed by atoms with Gasteiger partial charge in [0.15, 0.2) is 9.84 Å². The zero-order chi connectivity index (χ0) is 16.4. The predicted molar refractivity (Wildman–Crippen MR) is 86.4 cm³/mol. The summed E-state index contributed by atoms with van der Waals surface area (Å²) in [6.07, 6.45) is 2.12. The maximum atomic E-state index is 13.7. The highest BCUT2D eigenvalue weighted by molar-refractivity contribution is 7.91. The number of halogens is 1. The van der Waals surface area contributed by atoms with Crippen molar-refractivity contribution in [1.29, 1.82) is 0 Å². The lowest BCUT2D eigenvalue weighted by molar-refractivity contribution is -0.120. The zero-order valence-corrected chi connectivity index (χ0v) is 13.8. The molecule has 122 valence electrons. The highest BCUT2D eigenvalue weighted by Gasteiger charge is 2.28. The molecule has 1 atom stereocenters. The number of amides is 1. The minimum absolute atomic E-state index is 0.00189. The van der Waals surface area contributed by atoms with Gasteiger partial charge in [-0.15, -0.1) is 11.3 Å². The molecule has 0 radical (unpaired) electrons. The average molecular weight is 354 g/mol. The maximum Gasteiger partial charge on any atom is 0.225 e. The molecule has 1 aliphatic heterocycles. The number of hydrogen-bond acceptors (Lipinski definition) is 5. The van der Waals surface area contributed by atoms with E-state index in [9.17, 15) is 17.6 Å². The standard InChI is InChI=1S/C15H15FN2O3S2/c16-13-4-2-1-3-12(13)15-17-8-11(22-15)7-14(19)18-10-5-6-23(20,21)9-10/h1-4,8,10H,5-7,9H2,(H,18,19)/t10-/m0/s1. The van der Waals surface area contributed by atoms with Crippen molar-refractivity contribution < 1.29 is 17.6 Å². The van der Waals surface area contributed by atoms with E-state index in [2.05, 4.69) is 10.3 Å². The monoisotopic (exact) mass is 354 g/mol. The molecule has 0 spiro atoms. The van der Waals surface area contributed by atoms with E-state index < -0.39 is 9.84 Å². The van der Waals surface area contributed by atoms with E-state index in [1.54, 1.807) is 24.4 Å². The van der Waals surface area contributed by atoms with Gasteiger partial charge in [-0.05, 0) is 18.6 Å². The molecule has 5 nitrogen and oxygen atoms in total. The number of rotatable bonds is 4. The van der Waals surface area contributed by atoms with Crippen LogP contribution in [0, 0.1) is 5.82 Å². The molecule has 2 aromatic rings. The lowest BCUT2D eigenvalue weighted by atomic mass is 10.2. The van der Waals surface area contributed by atoms with Crippen molar-refractivity contribution in [2.24, 2.45) is 0 Å². The van der Waals surface area contributed by atoms with E-state index in [-0.39, 0.29) is 35.7 Å². The number of carbonyl (C=O) groups excluding carboxylic acids is 1. The largest absolute Gasteiger partial charge is 0.352 e. The summed E-state index contributed by atoms with van der Waals surface area (Å²) < 4.78 is 36.5. The fraction of sp³-hybridized carbons (Fsp3) is 0.333. The molecule has 1 aromatic heterocycles. The van der Waals surface area contributed by atoms with Gasteiger partial charge in [0.2, 0.25) is 5.91 Å². The van der Waals surface area contributed by atoms with Crippen molar-refractivity contribution in [3.8, 4) is 10.6 Å². The summed E-state index contributed by atoms with van der Waals surface area (Å²) in [4.78, 5) is 16.9. The Balaban J connectivity index is 1.63. The number of thiazole rings is 1. The summed E-state index contributed by atoms with van der Waals surface area (Å²) >= 11 is 1.26. The Bertz CT molecular complexity index is 833. The number of nitrogens with zero attached hydrogens (tertiary/aromatic N) is 1. The zero-order valence-electron chi connectivity index (χ0n) is 12.2. The molecule has 0 aliphatic carbocycles. The third kappa shape index (κ3) is 3.94. The smallest absolute Gasteiger partial charge is 0.225 e. The summed E-state index contributed by atoms with van der Waals surface area (Å²) in [6, 6.07) is 6.03. The van der Waals surface area contributed by atoms with Gasteiger partial charge in [-0.1, -0.05) is 12.1 Å². The minimum atomic E-state index is -3.02. The fourth-order valence-electron chi connectivity index (χ4n) is 2.49. The number of sulfone groups is 1. The van der Waals surface area contributed by atoms with Crippen LogP contribution in [0.4, 0.5) is 4.39 Å². The molecule has 2 heterocycles. The molecule has 1 amide bonds. The van der Waals surface area contributed by atoms with Crippen LogP contribution in [0.25, 0.3) is 10.6 Å². The van der Waals surface area contributed by atoms with E-state index in [0.717, 1.165) is 0 Å². The Hall–Kier alpha value is -1.80. The molecule has 23 heavy (non-hydrogen) atoms. The van der Waals surface area contributed by atoms with Gasteiger partial charge in [0.05, 0.1) is 17.9 Å². The van der Waals surface area contributed by atoms with Gasteiger partial charge in [-0.2, -0.15) is 0 Å². The van der Waals surface area contributed by atoms with Crippen molar-refractivity contribution in [1.82, 2.24) is 10.3 Å². The molecule has 1 aliphatic rings. The second-order valence-electron chi connectivity index (χ2n) is 5.46. The van der Waals surface area contributed by atoms with Gasteiger partial charge in [-0.25, -0.2) is 17.8 Å². The van der Waals surface area contributed by atoms with Crippen LogP contribution < -0.4 is 5.32 Å². The number of aromatic nitrogens is 1. The van der Waals surface area contributed by atoms with Crippen molar-refractivity contribution in [3.63, 3.8) is 0 Å². The van der Waals surface area contributed by atoms with E-state index >= 15 is 0 Å². The van der Waals surface area contributed by atoms with Gasteiger partial charge >= 0.3 is 0 Å². The first kappa shape index (κ1) is 16.1. The molecular formula is C15H15FN2O3S2. The molecule has 8 heteroatoms. The Morgan fingerprint density at radius 1 is 1.39 bits per heavy atom. The Morgan fingerprint density at radius 3 is 2.87 bits per heavy atom. The van der Waals surface area contributed by atoms with Crippen LogP contribution >= 0.6 is 11.3 Å². The molecule has 0 bridgehead atoms. The Labute approximate surface area is 137 Å². The molecule has 3 rings (SSSR count). The van der Waals surface area contributed by atoms with Gasteiger partial charge in [0, 0.05) is 22.7 Å². The van der Waals surface area contributed by atoms with Crippen molar-refractivity contribution in [2.45, 2.75) is 18.9 Å². The molecule has 1 aromatic carbocycles. The molecule has 1 saturated heterocycles. The Kier molecular flexibility index (Phi) is 4.45. The molecule has 0 saturated carbocycles. The molecule has 1 N–H and O–H groups in total. The van der Waals surface area contributed by atoms with E-state index in [1.165, 1.54) is 17.4 Å². The van der Waals surface area contributed by atoms with E-state index in [1.807, 2.05) is 0 Å². The third-order valence-corrected chi connectivity index (χ3v) is 6.39. The Morgan fingerprint density at radius 2 is 2.17 bits per heavy atom. The number of carbonyl (C=O) groups is 1. The first-order valence-corrected chi connectivity index (χ1v) is 9.76. The summed E-state index contributed by atoms with van der Waals surface area (Å²) in [7, 11) is -3.02. The van der Waals surface area contributed by atoms with Crippen LogP contribution in [0.1, 0.15) is 11.3 Å². The van der Waals surface area contributed by atoms with Crippen LogP contribution in [-0.4, -0.2) is 36.9 Å². The first-order chi connectivity index (χ1) is 10.9. The van der Waals surface area contributed by atoms with Crippen LogP contribution in [0.2, 0.25) is 0 Å². The van der Waals surface area contributed by atoms with Gasteiger partial charge in [-0.3, -0.25) is 4.79 Å². The summed E-state index contributed by atoms with van der Waals surface area (Å²) in [6.45, 7) is 0. The average Bonchev–Trinajstić information content (AvgIpc) is 3.06. The number of hydrogen-bond donors (Lipinski definition) is 1. The molecule has 0 unspecified atom stereocenters. The fourth-order valence-corrected chi connectivity index (χ4v) is 5.11. The van der Waals surface area contributed by atoms with Crippen LogP contribution in [0.15, 0.2) is 30.5 Å². The minimum Gasteiger partial charge on any atom is -0.352 e. The predicted octanol–water partition coefficient (Wildman–Crippen LogP) is 1.79. The van der Waals surface area contributed by atoms with Crippen LogP contribution in [0.5, 0.6) is 0 Å². The summed E-state index contributed by atoms with van der Waals surface area (Å²) in [5.74, 6) is -0.470. The van der Waals surface area contributed by atoms with Gasteiger partial charge in [0.1, 0.15) is 10.8 Å². The van der Waals surface area contributed by atoms with Crippen molar-refractivity contribution in [2.75, 3.05) is 11.5 Å². The topological polar surface area (TPSA) is 76.1 Å². The second-order valence-corrected chi connectivity index (χ2v) is 8.80. The highest BCUT2D eigenvalue weighted by atomic mass is 32.2. The van der Waals surface area contributed by atoms with E-state index in [0.29, 0.717) is 21.9 Å². The van der Waals surface area contributed by atoms with Crippen LogP contribution in [0.3, 0.4) is 0 Å². The van der Waals surface area contributed by atoms with Crippen LogP contribution in [-0.2, 0) is 21.1 Å². The quantitative estimate of drug-likeness (QED) is 0.908. The normalized spacial score (nSPS) is 19.6. The maximum absolute atomic E-state index is 13.7. The first-order valence-electron chi connectivity index (χ1n) is 7.12. The van der Waals surface area contributed by atoms with Crippen molar-refractivity contribution in [3.05, 3.63) is 41.2 Å². The molecular weight excluding hydrogens is 339 g/mol. The lowest BCUT2D eigenvalue weighted by Gasteiger charge is -2.09. The SMILES string of the molecule is O=C(Cc1cnc(-c2ccccc2F)s1)N[C@H]1CCS(=O)(=O)C1. The van der Waals surface area contributed by atoms with Crippen molar-refractivity contribution >= 4 is 27.1 Å². The van der Waals surface area contributed by atoms with Gasteiger partial charge < -0.3 is 5.32 Å². The second kappa shape index (κ2) is 6.37. The number of benzene rings is 1. The number of nitrogens with one attached hydrogen (secondary N) is 1. The third-order valence-electron chi connectivity index (χ3n) is 3.59. The van der Waals surface area contributed by atoms with E-state index in [4.69, 9.17) is 0 Å². The highest BCUT2D eigenvalue weighted by Crippen LogP contribution is 2.27. The molecule has 1 fully saturated rings. The lowest BCUT2D eigenvalue weighted by Crippen LogP contribution is -2.36. The summed E-state index contributed by atoms with van der Waals surface area (Å²) in [5, 5.41) is 3.25. The van der Waals surface area contributed by atoms with Gasteiger partial charge in [0.25, 0.3) is 0 Å². The summed E-state index contributed by atoms with van der Waals surface area (Å²) in [5.41, 5.74) is 0.408.